The molecule has 0 fully saturated rings. The second-order valence-corrected chi connectivity index (χ2v) is 5.90. The van der Waals surface area contributed by atoms with Crippen molar-refractivity contribution in [3.8, 4) is 5.75 Å². The highest BCUT2D eigenvalue weighted by molar-refractivity contribution is 7.80. The Morgan fingerprint density at radius 3 is 2.58 bits per heavy atom. The normalized spacial score (nSPS) is 9.96. The standard InChI is InChI=1S/C17H25N3O3S/c1-4-5-6-10-15(21)18-17(24)20-19-16(22)11-23-14-9-7-8-12(2)13(14)3/h7-9H,4-6,10-11H2,1-3H3,(H,19,22)(H2,18,20,21,24). The maximum Gasteiger partial charge on any atom is 0.276 e. The molecule has 0 saturated carbocycles. The summed E-state index contributed by atoms with van der Waals surface area (Å²) in [5.41, 5.74) is 6.96. The molecule has 0 radical (unpaired) electrons. The minimum absolute atomic E-state index is 0.0663. The monoisotopic (exact) mass is 351 g/mol. The molecule has 0 aromatic heterocycles. The number of benzene rings is 1. The number of hydrogen-bond acceptors (Lipinski definition) is 4. The molecule has 0 atom stereocenters. The molecular formula is C17H25N3O3S. The van der Waals surface area contributed by atoms with E-state index in [4.69, 9.17) is 17.0 Å². The Morgan fingerprint density at radius 2 is 1.88 bits per heavy atom. The molecule has 1 aromatic carbocycles. The molecule has 0 saturated heterocycles. The Bertz CT molecular complexity index is 590. The van der Waals surface area contributed by atoms with Crippen molar-refractivity contribution in [2.75, 3.05) is 6.61 Å². The fourth-order valence-electron chi connectivity index (χ4n) is 1.94. The molecule has 1 aromatic rings. The lowest BCUT2D eigenvalue weighted by atomic mass is 10.1. The van der Waals surface area contributed by atoms with E-state index in [9.17, 15) is 9.59 Å². The molecule has 3 N–H and O–H groups in total. The van der Waals surface area contributed by atoms with E-state index in [0.29, 0.717) is 12.2 Å². The number of unbranched alkanes of at least 4 members (excludes halogenated alkanes) is 2. The molecule has 0 spiro atoms. The Balaban J connectivity index is 2.27. The second-order valence-electron chi connectivity index (χ2n) is 5.49. The average molecular weight is 351 g/mol. The van der Waals surface area contributed by atoms with E-state index in [2.05, 4.69) is 23.1 Å². The van der Waals surface area contributed by atoms with Crippen molar-refractivity contribution in [1.82, 2.24) is 16.2 Å². The number of rotatable bonds is 7. The van der Waals surface area contributed by atoms with Gasteiger partial charge in [0.25, 0.3) is 5.91 Å². The third kappa shape index (κ3) is 7.41. The van der Waals surface area contributed by atoms with Crippen LogP contribution >= 0.6 is 12.2 Å². The summed E-state index contributed by atoms with van der Waals surface area (Å²) < 4.78 is 5.48. The van der Waals surface area contributed by atoms with Crippen LogP contribution in [0.4, 0.5) is 0 Å². The molecule has 0 heterocycles. The first-order chi connectivity index (χ1) is 11.4. The van der Waals surface area contributed by atoms with Gasteiger partial charge in [0.1, 0.15) is 5.75 Å². The lowest BCUT2D eigenvalue weighted by Gasteiger charge is -2.13. The molecular weight excluding hydrogens is 326 g/mol. The van der Waals surface area contributed by atoms with Gasteiger partial charge >= 0.3 is 0 Å². The van der Waals surface area contributed by atoms with E-state index in [0.717, 1.165) is 30.4 Å². The lowest BCUT2D eigenvalue weighted by Crippen LogP contribution is -2.49. The number of carbonyl (C=O) groups excluding carboxylic acids is 2. The van der Waals surface area contributed by atoms with Gasteiger partial charge in [-0.25, -0.2) is 0 Å². The molecule has 0 bridgehead atoms. The zero-order valence-electron chi connectivity index (χ0n) is 14.4. The van der Waals surface area contributed by atoms with Crippen molar-refractivity contribution in [2.45, 2.75) is 46.5 Å². The Hall–Kier alpha value is -2.15. The zero-order chi connectivity index (χ0) is 17.9. The number of nitrogens with one attached hydrogen (secondary N) is 3. The minimum atomic E-state index is -0.390. The van der Waals surface area contributed by atoms with Crippen molar-refractivity contribution in [3.63, 3.8) is 0 Å². The van der Waals surface area contributed by atoms with Crippen LogP contribution in [0.15, 0.2) is 18.2 Å². The molecule has 7 heteroatoms. The first kappa shape index (κ1) is 19.9. The lowest BCUT2D eigenvalue weighted by molar-refractivity contribution is -0.124. The van der Waals surface area contributed by atoms with Gasteiger partial charge in [0.05, 0.1) is 0 Å². The molecule has 0 aliphatic rings. The topological polar surface area (TPSA) is 79.5 Å². The van der Waals surface area contributed by atoms with Gasteiger partial charge in [-0.1, -0.05) is 31.9 Å². The summed E-state index contributed by atoms with van der Waals surface area (Å²) in [5, 5.41) is 2.58. The van der Waals surface area contributed by atoms with E-state index >= 15 is 0 Å². The summed E-state index contributed by atoms with van der Waals surface area (Å²) in [7, 11) is 0. The van der Waals surface area contributed by atoms with Gasteiger partial charge in [0, 0.05) is 6.42 Å². The van der Waals surface area contributed by atoms with Gasteiger partial charge in [0.15, 0.2) is 11.7 Å². The van der Waals surface area contributed by atoms with Crippen LogP contribution in [-0.4, -0.2) is 23.5 Å². The molecule has 0 aliphatic heterocycles. The largest absolute Gasteiger partial charge is 0.483 e. The van der Waals surface area contributed by atoms with Gasteiger partial charge < -0.3 is 10.1 Å². The van der Waals surface area contributed by atoms with Crippen LogP contribution in [0.25, 0.3) is 0 Å². The van der Waals surface area contributed by atoms with E-state index in [1.54, 1.807) is 0 Å². The van der Waals surface area contributed by atoms with E-state index < -0.39 is 5.91 Å². The summed E-state index contributed by atoms with van der Waals surface area (Å²) in [6.07, 6.45) is 3.28. The van der Waals surface area contributed by atoms with Gasteiger partial charge in [-0.2, -0.15) is 0 Å². The molecule has 0 unspecified atom stereocenters. The summed E-state index contributed by atoms with van der Waals surface area (Å²) >= 11 is 4.94. The number of aryl methyl sites for hydroxylation is 1. The maximum absolute atomic E-state index is 11.7. The van der Waals surface area contributed by atoms with Gasteiger partial charge in [0.2, 0.25) is 5.91 Å². The van der Waals surface area contributed by atoms with Crippen LogP contribution in [0.3, 0.4) is 0 Å². The van der Waals surface area contributed by atoms with Crippen LogP contribution in [0.5, 0.6) is 5.75 Å². The SMILES string of the molecule is CCCCCC(=O)NC(=S)NNC(=O)COc1cccc(C)c1C. The smallest absolute Gasteiger partial charge is 0.276 e. The van der Waals surface area contributed by atoms with Crippen molar-refractivity contribution in [2.24, 2.45) is 0 Å². The van der Waals surface area contributed by atoms with Crippen molar-refractivity contribution in [1.29, 1.82) is 0 Å². The number of amides is 2. The summed E-state index contributed by atoms with van der Waals surface area (Å²) in [6.45, 7) is 5.83. The van der Waals surface area contributed by atoms with E-state index in [1.807, 2.05) is 32.0 Å². The average Bonchev–Trinajstić information content (AvgIpc) is 2.54. The molecule has 1 rings (SSSR count). The van der Waals surface area contributed by atoms with Crippen LogP contribution in [-0.2, 0) is 9.59 Å². The number of hydrogen-bond donors (Lipinski definition) is 3. The predicted octanol–water partition coefficient (Wildman–Crippen LogP) is 2.28. The quantitative estimate of drug-likeness (QED) is 0.399. The van der Waals surface area contributed by atoms with Crippen molar-refractivity contribution >= 4 is 29.1 Å². The Morgan fingerprint density at radius 1 is 1.12 bits per heavy atom. The summed E-state index contributed by atoms with van der Waals surface area (Å²) in [6, 6.07) is 5.66. The highest BCUT2D eigenvalue weighted by Gasteiger charge is 2.08. The minimum Gasteiger partial charge on any atom is -0.483 e. The first-order valence-electron chi connectivity index (χ1n) is 8.01. The predicted molar refractivity (Wildman–Crippen MR) is 97.6 cm³/mol. The number of hydrazine groups is 1. The van der Waals surface area contributed by atoms with Gasteiger partial charge in [-0.15, -0.1) is 0 Å². The third-order valence-corrected chi connectivity index (χ3v) is 3.69. The molecule has 24 heavy (non-hydrogen) atoms. The summed E-state index contributed by atoms with van der Waals surface area (Å²) in [5.74, 6) is 0.109. The highest BCUT2D eigenvalue weighted by Crippen LogP contribution is 2.20. The third-order valence-electron chi connectivity index (χ3n) is 3.49. The number of thiocarbonyl (C=S) groups is 1. The van der Waals surface area contributed by atoms with Crippen molar-refractivity contribution in [3.05, 3.63) is 29.3 Å². The molecule has 6 nitrogen and oxygen atoms in total. The van der Waals surface area contributed by atoms with Crippen LogP contribution in [0.1, 0.15) is 43.7 Å². The van der Waals surface area contributed by atoms with Gasteiger partial charge in [-0.3, -0.25) is 20.4 Å². The Labute approximate surface area is 148 Å². The second kappa shape index (κ2) is 10.6. The van der Waals surface area contributed by atoms with Crippen LogP contribution in [0, 0.1) is 13.8 Å². The van der Waals surface area contributed by atoms with E-state index in [-0.39, 0.29) is 17.6 Å². The summed E-state index contributed by atoms with van der Waals surface area (Å²) in [4.78, 5) is 23.3. The van der Waals surface area contributed by atoms with Gasteiger partial charge in [-0.05, 0) is 49.7 Å². The van der Waals surface area contributed by atoms with Crippen molar-refractivity contribution < 1.29 is 14.3 Å². The fourth-order valence-corrected chi connectivity index (χ4v) is 2.11. The number of carbonyl (C=O) groups is 2. The fraction of sp³-hybridized carbons (Fsp3) is 0.471. The zero-order valence-corrected chi connectivity index (χ0v) is 15.2. The number of ether oxygens (including phenoxy) is 1. The molecule has 0 aliphatic carbocycles. The maximum atomic E-state index is 11.7. The van der Waals surface area contributed by atoms with E-state index in [1.165, 1.54) is 0 Å². The highest BCUT2D eigenvalue weighted by atomic mass is 32.1. The van der Waals surface area contributed by atoms with Crippen LogP contribution in [0.2, 0.25) is 0 Å². The molecule has 132 valence electrons. The van der Waals surface area contributed by atoms with Crippen LogP contribution < -0.4 is 20.9 Å². The Kier molecular flexibility index (Phi) is 8.78. The first-order valence-corrected chi connectivity index (χ1v) is 8.42. The molecule has 2 amide bonds.